The third-order valence-electron chi connectivity index (χ3n) is 4.02. The number of rotatable bonds is 6. The third kappa shape index (κ3) is 4.40. The number of aromatic nitrogens is 2. The van der Waals surface area contributed by atoms with Crippen molar-refractivity contribution < 1.29 is 4.79 Å². The van der Waals surface area contributed by atoms with Crippen LogP contribution >= 0.6 is 11.6 Å². The summed E-state index contributed by atoms with van der Waals surface area (Å²) in [5.41, 5.74) is 3.00. The Labute approximate surface area is 152 Å². The van der Waals surface area contributed by atoms with Gasteiger partial charge in [-0.1, -0.05) is 49.7 Å². The van der Waals surface area contributed by atoms with E-state index in [9.17, 15) is 4.79 Å². The molecule has 0 aliphatic rings. The zero-order valence-electron chi connectivity index (χ0n) is 14.5. The van der Waals surface area contributed by atoms with Crippen LogP contribution in [0.1, 0.15) is 25.2 Å². The standard InChI is InChI=1S/C20H22ClN3O/c1-14(2)12-22-20(25)13-24-18-6-4-3-5-17(18)23-19(24)11-15-7-9-16(21)10-8-15/h3-10,14H,11-13H2,1-2H3,(H,22,25). The second-order valence-electron chi connectivity index (χ2n) is 6.60. The first-order valence-corrected chi connectivity index (χ1v) is 8.86. The van der Waals surface area contributed by atoms with E-state index < -0.39 is 0 Å². The van der Waals surface area contributed by atoms with Crippen LogP contribution in [0, 0.1) is 5.92 Å². The minimum atomic E-state index is 0.00853. The lowest BCUT2D eigenvalue weighted by molar-refractivity contribution is -0.121. The van der Waals surface area contributed by atoms with Gasteiger partial charge in [-0.15, -0.1) is 0 Å². The van der Waals surface area contributed by atoms with Gasteiger partial charge < -0.3 is 9.88 Å². The first kappa shape index (κ1) is 17.5. The van der Waals surface area contributed by atoms with Crippen molar-refractivity contribution in [1.29, 1.82) is 0 Å². The zero-order chi connectivity index (χ0) is 17.8. The molecule has 1 amide bonds. The molecule has 0 bridgehead atoms. The van der Waals surface area contributed by atoms with Crippen molar-refractivity contribution in [3.05, 3.63) is 64.9 Å². The van der Waals surface area contributed by atoms with Crippen LogP contribution in [0.25, 0.3) is 11.0 Å². The Kier molecular flexibility index (Phi) is 5.39. The van der Waals surface area contributed by atoms with Crippen LogP contribution in [0.2, 0.25) is 5.02 Å². The number of nitrogens with one attached hydrogen (secondary N) is 1. The molecule has 0 spiro atoms. The summed E-state index contributed by atoms with van der Waals surface area (Å²) in [7, 11) is 0. The van der Waals surface area contributed by atoms with E-state index in [-0.39, 0.29) is 12.5 Å². The number of para-hydroxylation sites is 2. The van der Waals surface area contributed by atoms with E-state index >= 15 is 0 Å². The van der Waals surface area contributed by atoms with Crippen molar-refractivity contribution >= 4 is 28.5 Å². The number of carbonyl (C=O) groups excluding carboxylic acids is 1. The van der Waals surface area contributed by atoms with Gasteiger partial charge in [-0.2, -0.15) is 0 Å². The number of amides is 1. The summed E-state index contributed by atoms with van der Waals surface area (Å²) in [5, 5.41) is 3.69. The average Bonchev–Trinajstić information content (AvgIpc) is 2.92. The number of benzene rings is 2. The van der Waals surface area contributed by atoms with E-state index in [4.69, 9.17) is 16.6 Å². The van der Waals surface area contributed by atoms with Crippen LogP contribution in [0.4, 0.5) is 0 Å². The smallest absolute Gasteiger partial charge is 0.240 e. The summed E-state index contributed by atoms with van der Waals surface area (Å²) in [4.78, 5) is 17.1. The van der Waals surface area contributed by atoms with E-state index in [1.807, 2.05) is 53.1 Å². The maximum absolute atomic E-state index is 12.3. The van der Waals surface area contributed by atoms with Crippen molar-refractivity contribution in [3.63, 3.8) is 0 Å². The Morgan fingerprint density at radius 1 is 1.16 bits per heavy atom. The predicted octanol–water partition coefficient (Wildman–Crippen LogP) is 4.05. The average molecular weight is 356 g/mol. The minimum Gasteiger partial charge on any atom is -0.354 e. The Bertz CT molecular complexity index is 868. The number of hydrogen-bond acceptors (Lipinski definition) is 2. The first-order chi connectivity index (χ1) is 12.0. The molecule has 2 aromatic carbocycles. The van der Waals surface area contributed by atoms with Crippen LogP contribution in [-0.4, -0.2) is 22.0 Å². The maximum Gasteiger partial charge on any atom is 0.240 e. The lowest BCUT2D eigenvalue weighted by Crippen LogP contribution is -2.31. The molecule has 0 unspecified atom stereocenters. The molecule has 5 heteroatoms. The number of imidazole rings is 1. The fourth-order valence-electron chi connectivity index (χ4n) is 2.74. The normalized spacial score (nSPS) is 11.2. The van der Waals surface area contributed by atoms with Crippen molar-refractivity contribution in [2.45, 2.75) is 26.8 Å². The molecule has 0 aliphatic carbocycles. The van der Waals surface area contributed by atoms with Gasteiger partial charge in [0.15, 0.2) is 0 Å². The first-order valence-electron chi connectivity index (χ1n) is 8.48. The topological polar surface area (TPSA) is 46.9 Å². The van der Waals surface area contributed by atoms with Crippen LogP contribution in [0.15, 0.2) is 48.5 Å². The molecule has 0 radical (unpaired) electrons. The largest absolute Gasteiger partial charge is 0.354 e. The summed E-state index contributed by atoms with van der Waals surface area (Å²) < 4.78 is 2.00. The molecule has 3 aromatic rings. The Morgan fingerprint density at radius 3 is 2.60 bits per heavy atom. The van der Waals surface area contributed by atoms with Crippen LogP contribution in [0.3, 0.4) is 0 Å². The number of fused-ring (bicyclic) bond motifs is 1. The Balaban J connectivity index is 1.89. The molecule has 25 heavy (non-hydrogen) atoms. The van der Waals surface area contributed by atoms with Crippen molar-refractivity contribution in [2.75, 3.05) is 6.54 Å². The molecular weight excluding hydrogens is 334 g/mol. The van der Waals surface area contributed by atoms with Crippen molar-refractivity contribution in [1.82, 2.24) is 14.9 Å². The van der Waals surface area contributed by atoms with Crippen molar-refractivity contribution in [3.8, 4) is 0 Å². The second kappa shape index (κ2) is 7.70. The van der Waals surface area contributed by atoms with E-state index in [1.54, 1.807) is 0 Å². The molecule has 3 rings (SSSR count). The predicted molar refractivity (Wildman–Crippen MR) is 102 cm³/mol. The molecule has 0 aliphatic heterocycles. The van der Waals surface area contributed by atoms with E-state index in [1.165, 1.54) is 0 Å². The maximum atomic E-state index is 12.3. The van der Waals surface area contributed by atoms with Gasteiger partial charge in [0, 0.05) is 18.0 Å². The fourth-order valence-corrected chi connectivity index (χ4v) is 2.87. The highest BCUT2D eigenvalue weighted by Gasteiger charge is 2.14. The molecule has 1 N–H and O–H groups in total. The number of carbonyl (C=O) groups is 1. The number of hydrogen-bond donors (Lipinski definition) is 1. The highest BCUT2D eigenvalue weighted by Crippen LogP contribution is 2.19. The molecule has 0 saturated carbocycles. The number of halogens is 1. The zero-order valence-corrected chi connectivity index (χ0v) is 15.3. The third-order valence-corrected chi connectivity index (χ3v) is 4.27. The summed E-state index contributed by atoms with van der Waals surface area (Å²) in [6.45, 7) is 5.12. The highest BCUT2D eigenvalue weighted by atomic mass is 35.5. The summed E-state index contributed by atoms with van der Waals surface area (Å²) in [5.74, 6) is 1.31. The van der Waals surface area contributed by atoms with Gasteiger partial charge in [-0.25, -0.2) is 4.98 Å². The van der Waals surface area contributed by atoms with Gasteiger partial charge >= 0.3 is 0 Å². The van der Waals surface area contributed by atoms with Gasteiger partial charge in [-0.05, 0) is 35.7 Å². The van der Waals surface area contributed by atoms with Crippen LogP contribution in [-0.2, 0) is 17.8 Å². The molecule has 0 atom stereocenters. The van der Waals surface area contributed by atoms with Gasteiger partial charge in [0.25, 0.3) is 0 Å². The molecule has 0 fully saturated rings. The molecular formula is C20H22ClN3O. The van der Waals surface area contributed by atoms with Gasteiger partial charge in [0.2, 0.25) is 5.91 Å². The lowest BCUT2D eigenvalue weighted by Gasteiger charge is -2.11. The van der Waals surface area contributed by atoms with Crippen LogP contribution < -0.4 is 5.32 Å². The minimum absolute atomic E-state index is 0.00853. The van der Waals surface area contributed by atoms with Crippen LogP contribution in [0.5, 0.6) is 0 Å². The molecule has 1 heterocycles. The van der Waals surface area contributed by atoms with E-state index in [0.717, 1.165) is 22.4 Å². The molecule has 1 aromatic heterocycles. The van der Waals surface area contributed by atoms with Gasteiger partial charge in [-0.3, -0.25) is 4.79 Å². The summed E-state index contributed by atoms with van der Waals surface area (Å²) in [6.07, 6.45) is 0.656. The second-order valence-corrected chi connectivity index (χ2v) is 7.04. The van der Waals surface area contributed by atoms with E-state index in [2.05, 4.69) is 19.2 Å². The highest BCUT2D eigenvalue weighted by molar-refractivity contribution is 6.30. The Morgan fingerprint density at radius 2 is 1.88 bits per heavy atom. The number of nitrogens with zero attached hydrogens (tertiary/aromatic N) is 2. The Hall–Kier alpha value is -2.33. The SMILES string of the molecule is CC(C)CNC(=O)Cn1c(Cc2ccc(Cl)cc2)nc2ccccc21. The fraction of sp³-hybridized carbons (Fsp3) is 0.300. The monoisotopic (exact) mass is 355 g/mol. The van der Waals surface area contributed by atoms with Gasteiger partial charge in [0.05, 0.1) is 11.0 Å². The summed E-state index contributed by atoms with van der Waals surface area (Å²) in [6, 6.07) is 15.6. The quantitative estimate of drug-likeness (QED) is 0.725. The molecule has 0 saturated heterocycles. The summed E-state index contributed by atoms with van der Waals surface area (Å²) >= 11 is 5.97. The van der Waals surface area contributed by atoms with Gasteiger partial charge in [0.1, 0.15) is 12.4 Å². The molecule has 130 valence electrons. The lowest BCUT2D eigenvalue weighted by atomic mass is 10.1. The van der Waals surface area contributed by atoms with Crippen molar-refractivity contribution in [2.24, 2.45) is 5.92 Å². The van der Waals surface area contributed by atoms with E-state index in [0.29, 0.717) is 23.9 Å². The molecule has 4 nitrogen and oxygen atoms in total.